The van der Waals surface area contributed by atoms with E-state index in [4.69, 9.17) is 5.73 Å². The number of nitrogens with two attached hydrogens (primary N) is 1. The van der Waals surface area contributed by atoms with E-state index in [1.54, 1.807) is 0 Å². The van der Waals surface area contributed by atoms with Crippen LogP contribution in [0.3, 0.4) is 0 Å². The minimum absolute atomic E-state index is 0.221. The molecular weight excluding hydrogens is 274 g/mol. The van der Waals surface area contributed by atoms with Gasteiger partial charge in [0.25, 0.3) is 0 Å². The largest absolute Gasteiger partial charge is 0.353 e. The lowest BCUT2D eigenvalue weighted by Gasteiger charge is -2.44. The maximum atomic E-state index is 12.7. The second kappa shape index (κ2) is 6.88. The summed E-state index contributed by atoms with van der Waals surface area (Å²) in [6.45, 7) is 6.73. The van der Waals surface area contributed by atoms with Crippen LogP contribution in [-0.2, 0) is 4.79 Å². The molecule has 22 heavy (non-hydrogen) atoms. The van der Waals surface area contributed by atoms with Gasteiger partial charge in [0.05, 0.1) is 0 Å². The van der Waals surface area contributed by atoms with E-state index in [2.05, 4.69) is 24.1 Å². The predicted molar refractivity (Wildman–Crippen MR) is 89.4 cm³/mol. The molecule has 0 aromatic carbocycles. The molecule has 3 fully saturated rings. The first-order valence-electron chi connectivity index (χ1n) is 9.34. The zero-order chi connectivity index (χ0) is 15.7. The molecule has 4 heteroatoms. The molecule has 4 nitrogen and oxygen atoms in total. The molecule has 1 amide bonds. The fourth-order valence-electron chi connectivity index (χ4n) is 4.88. The van der Waals surface area contributed by atoms with Gasteiger partial charge in [0, 0.05) is 37.1 Å². The maximum absolute atomic E-state index is 12.7. The lowest BCUT2D eigenvalue weighted by molar-refractivity contribution is -0.129. The Balaban J connectivity index is 1.49. The molecule has 2 atom stereocenters. The van der Waals surface area contributed by atoms with Crippen molar-refractivity contribution in [3.8, 4) is 0 Å². The standard InChI is InChI=1S/C18H33N3O/c1-12(2)21-8-6-16(7-9-21)20-18(22)15-10-13-4-3-5-14(11-15)17(13)19/h12-17H,3-11,19H2,1-2H3,(H,20,22). The van der Waals surface area contributed by atoms with Crippen LogP contribution in [0.5, 0.6) is 0 Å². The van der Waals surface area contributed by atoms with E-state index in [1.165, 1.54) is 19.3 Å². The molecular formula is C18H33N3O. The maximum Gasteiger partial charge on any atom is 0.223 e. The van der Waals surface area contributed by atoms with Crippen LogP contribution < -0.4 is 11.1 Å². The molecule has 0 aromatic heterocycles. The number of carbonyl (C=O) groups excluding carboxylic acids is 1. The first kappa shape index (κ1) is 16.3. The van der Waals surface area contributed by atoms with Gasteiger partial charge in [0.2, 0.25) is 5.91 Å². The number of nitrogens with zero attached hydrogens (tertiary/aromatic N) is 1. The second-order valence-corrected chi connectivity index (χ2v) is 8.11. The molecule has 3 aliphatic rings. The SMILES string of the molecule is CC(C)N1CCC(NC(=O)C2CC3CCCC(C2)C3N)CC1. The van der Waals surface area contributed by atoms with E-state index < -0.39 is 0 Å². The van der Waals surface area contributed by atoms with Crippen LogP contribution >= 0.6 is 0 Å². The van der Waals surface area contributed by atoms with Crippen LogP contribution in [0.15, 0.2) is 0 Å². The van der Waals surface area contributed by atoms with Gasteiger partial charge in [-0.05, 0) is 64.2 Å². The summed E-state index contributed by atoms with van der Waals surface area (Å²) in [7, 11) is 0. The third-order valence-corrected chi connectivity index (χ3v) is 6.39. The number of carbonyl (C=O) groups is 1. The van der Waals surface area contributed by atoms with E-state index in [0.717, 1.165) is 38.8 Å². The minimum atomic E-state index is 0.221. The molecule has 2 unspecified atom stereocenters. The summed E-state index contributed by atoms with van der Waals surface area (Å²) < 4.78 is 0. The highest BCUT2D eigenvalue weighted by molar-refractivity contribution is 5.79. The van der Waals surface area contributed by atoms with Gasteiger partial charge in [-0.2, -0.15) is 0 Å². The molecule has 2 saturated carbocycles. The van der Waals surface area contributed by atoms with Gasteiger partial charge in [-0.15, -0.1) is 0 Å². The van der Waals surface area contributed by atoms with Crippen LogP contribution in [-0.4, -0.2) is 42.0 Å². The minimum Gasteiger partial charge on any atom is -0.353 e. The number of likely N-dealkylation sites (tertiary alicyclic amines) is 1. The molecule has 3 rings (SSSR count). The number of hydrogen-bond acceptors (Lipinski definition) is 3. The summed E-state index contributed by atoms with van der Waals surface area (Å²) in [6, 6.07) is 1.36. The summed E-state index contributed by atoms with van der Waals surface area (Å²) >= 11 is 0. The Kier molecular flexibility index (Phi) is 5.08. The van der Waals surface area contributed by atoms with Gasteiger partial charge in [-0.1, -0.05) is 6.42 Å². The van der Waals surface area contributed by atoms with Crippen LogP contribution in [0.1, 0.15) is 58.8 Å². The molecule has 1 heterocycles. The Morgan fingerprint density at radius 2 is 1.68 bits per heavy atom. The highest BCUT2D eigenvalue weighted by Gasteiger charge is 2.40. The van der Waals surface area contributed by atoms with Crippen LogP contribution in [0.4, 0.5) is 0 Å². The lowest BCUT2D eigenvalue weighted by Crippen LogP contribution is -2.52. The molecule has 126 valence electrons. The van der Waals surface area contributed by atoms with E-state index in [9.17, 15) is 4.79 Å². The first-order chi connectivity index (χ1) is 10.5. The Morgan fingerprint density at radius 1 is 1.09 bits per heavy atom. The van der Waals surface area contributed by atoms with Gasteiger partial charge in [0.15, 0.2) is 0 Å². The molecule has 0 aromatic rings. The summed E-state index contributed by atoms with van der Waals surface area (Å²) in [6.07, 6.45) is 8.02. The van der Waals surface area contributed by atoms with Gasteiger partial charge in [-0.25, -0.2) is 0 Å². The number of nitrogens with one attached hydrogen (secondary N) is 1. The second-order valence-electron chi connectivity index (χ2n) is 8.11. The molecule has 1 aliphatic heterocycles. The highest BCUT2D eigenvalue weighted by atomic mass is 16.1. The molecule has 3 N–H and O–H groups in total. The van der Waals surface area contributed by atoms with Crippen molar-refractivity contribution in [1.29, 1.82) is 0 Å². The third kappa shape index (κ3) is 3.48. The van der Waals surface area contributed by atoms with Crippen molar-refractivity contribution in [2.24, 2.45) is 23.5 Å². The zero-order valence-electron chi connectivity index (χ0n) is 14.3. The zero-order valence-corrected chi connectivity index (χ0v) is 14.3. The van der Waals surface area contributed by atoms with E-state index in [-0.39, 0.29) is 5.92 Å². The summed E-state index contributed by atoms with van der Waals surface area (Å²) in [4.78, 5) is 15.2. The number of piperidine rings is 1. The van der Waals surface area contributed by atoms with Gasteiger partial charge in [0.1, 0.15) is 0 Å². The fourth-order valence-corrected chi connectivity index (χ4v) is 4.88. The Hall–Kier alpha value is -0.610. The molecule has 1 saturated heterocycles. The van der Waals surface area contributed by atoms with Gasteiger partial charge < -0.3 is 16.0 Å². The summed E-state index contributed by atoms with van der Waals surface area (Å²) in [5.41, 5.74) is 6.34. The van der Waals surface area contributed by atoms with Crippen molar-refractivity contribution in [3.05, 3.63) is 0 Å². The average molecular weight is 307 g/mol. The summed E-state index contributed by atoms with van der Waals surface area (Å²) in [5, 5.41) is 3.35. The number of fused-ring (bicyclic) bond motifs is 2. The third-order valence-electron chi connectivity index (χ3n) is 6.39. The molecule has 2 aliphatic carbocycles. The van der Waals surface area contributed by atoms with E-state index in [1.807, 2.05) is 0 Å². The highest BCUT2D eigenvalue weighted by Crippen LogP contribution is 2.41. The van der Waals surface area contributed by atoms with Crippen molar-refractivity contribution < 1.29 is 4.79 Å². The van der Waals surface area contributed by atoms with E-state index in [0.29, 0.717) is 35.9 Å². The molecule has 2 bridgehead atoms. The Morgan fingerprint density at radius 3 is 2.23 bits per heavy atom. The van der Waals surface area contributed by atoms with Crippen molar-refractivity contribution in [2.45, 2.75) is 76.9 Å². The smallest absolute Gasteiger partial charge is 0.223 e. The number of hydrogen-bond donors (Lipinski definition) is 2. The normalized spacial score (nSPS) is 37.3. The Labute approximate surface area is 135 Å². The van der Waals surface area contributed by atoms with Crippen LogP contribution in [0.2, 0.25) is 0 Å². The average Bonchev–Trinajstić information content (AvgIpc) is 2.47. The number of amides is 1. The first-order valence-corrected chi connectivity index (χ1v) is 9.34. The monoisotopic (exact) mass is 307 g/mol. The molecule has 0 spiro atoms. The van der Waals surface area contributed by atoms with Gasteiger partial charge in [-0.3, -0.25) is 4.79 Å². The van der Waals surface area contributed by atoms with Crippen molar-refractivity contribution in [1.82, 2.24) is 10.2 Å². The van der Waals surface area contributed by atoms with Crippen molar-refractivity contribution in [2.75, 3.05) is 13.1 Å². The topological polar surface area (TPSA) is 58.4 Å². The van der Waals surface area contributed by atoms with Crippen LogP contribution in [0.25, 0.3) is 0 Å². The molecule has 0 radical (unpaired) electrons. The van der Waals surface area contributed by atoms with Crippen LogP contribution in [0, 0.1) is 17.8 Å². The van der Waals surface area contributed by atoms with Gasteiger partial charge >= 0.3 is 0 Å². The number of rotatable bonds is 3. The Bertz CT molecular complexity index is 376. The van der Waals surface area contributed by atoms with E-state index >= 15 is 0 Å². The quantitative estimate of drug-likeness (QED) is 0.840. The lowest BCUT2D eigenvalue weighted by atomic mass is 9.65. The van der Waals surface area contributed by atoms with Crippen molar-refractivity contribution in [3.63, 3.8) is 0 Å². The predicted octanol–water partition coefficient (Wildman–Crippen LogP) is 2.13. The fraction of sp³-hybridized carbons (Fsp3) is 0.944. The van der Waals surface area contributed by atoms with Crippen molar-refractivity contribution >= 4 is 5.91 Å². The summed E-state index contributed by atoms with van der Waals surface area (Å²) in [5.74, 6) is 1.71.